The van der Waals surface area contributed by atoms with E-state index in [0.717, 1.165) is 46.1 Å². The molecule has 0 N–H and O–H groups in total. The summed E-state index contributed by atoms with van der Waals surface area (Å²) in [5.74, 6) is -2.57. The molecule has 0 spiro atoms. The molecule has 5 aromatic carbocycles. The Kier molecular flexibility index (Phi) is 14.3. The van der Waals surface area contributed by atoms with Crippen LogP contribution < -0.4 is 12.4 Å². The van der Waals surface area contributed by atoms with Crippen molar-refractivity contribution in [3.63, 3.8) is 0 Å². The predicted molar refractivity (Wildman–Crippen MR) is 205 cm³/mol. The quantitative estimate of drug-likeness (QED) is 0.101. The summed E-state index contributed by atoms with van der Waals surface area (Å²) < 4.78 is 51.6. The standard InChI is InChI=1S/C24H16N2.2C11H6F2N.ClH.Ir/c1-3-7-17(8-4-1)19-13-15-25-23-21(19)11-12-22-20(14-16-26-24(22)23)18-9-5-2-6-10-18;2*12-8-4-5-9(10(13)7-8)11-3-1-2-6-14-11;;/h1-16H;2*1-4,6-7H;1H;/q;2*-1;;+3/p-1. The third-order valence-electron chi connectivity index (χ3n) is 8.35. The molecule has 0 aliphatic rings. The number of hydrogen-bond acceptors (Lipinski definition) is 4. The molecule has 0 atom stereocenters. The van der Waals surface area contributed by atoms with Crippen molar-refractivity contribution in [3.8, 4) is 44.8 Å². The number of rotatable bonds is 4. The minimum Gasteiger partial charge on any atom is -1.00 e. The molecular formula is C46H28ClF4IrN4. The maximum atomic E-state index is 13.2. The van der Waals surface area contributed by atoms with Crippen molar-refractivity contribution in [2.24, 2.45) is 0 Å². The van der Waals surface area contributed by atoms with Gasteiger partial charge in [-0.25, -0.2) is 0 Å². The first-order valence-corrected chi connectivity index (χ1v) is 16.8. The second-order valence-corrected chi connectivity index (χ2v) is 11.8. The smallest absolute Gasteiger partial charge is 1.00 e. The van der Waals surface area contributed by atoms with Crippen LogP contribution >= 0.6 is 0 Å². The maximum Gasteiger partial charge on any atom is 3.00 e. The molecule has 0 aliphatic carbocycles. The molecule has 0 saturated carbocycles. The van der Waals surface area contributed by atoms with Crippen molar-refractivity contribution in [1.29, 1.82) is 0 Å². The van der Waals surface area contributed by atoms with Gasteiger partial charge in [-0.15, -0.1) is 24.3 Å². The Bertz CT molecular complexity index is 2470. The van der Waals surface area contributed by atoms with Crippen molar-refractivity contribution in [2.45, 2.75) is 0 Å². The van der Waals surface area contributed by atoms with Crippen LogP contribution in [0.2, 0.25) is 0 Å². The second kappa shape index (κ2) is 19.5. The van der Waals surface area contributed by atoms with Crippen molar-refractivity contribution in [3.05, 3.63) is 206 Å². The Hall–Kier alpha value is -6.12. The van der Waals surface area contributed by atoms with Crippen molar-refractivity contribution in [2.75, 3.05) is 0 Å². The van der Waals surface area contributed by atoms with E-state index in [1.165, 1.54) is 22.3 Å². The summed E-state index contributed by atoms with van der Waals surface area (Å²) >= 11 is 0. The van der Waals surface area contributed by atoms with Crippen LogP contribution in [0.25, 0.3) is 66.6 Å². The molecule has 0 amide bonds. The van der Waals surface area contributed by atoms with E-state index in [4.69, 9.17) is 0 Å². The van der Waals surface area contributed by atoms with E-state index in [1.54, 1.807) is 48.8 Å². The largest absolute Gasteiger partial charge is 3.00 e. The molecule has 9 aromatic rings. The zero-order valence-electron chi connectivity index (χ0n) is 29.2. The van der Waals surface area contributed by atoms with Crippen molar-refractivity contribution >= 4 is 21.8 Å². The Labute approximate surface area is 340 Å². The molecule has 4 aromatic heterocycles. The van der Waals surface area contributed by atoms with Crippen LogP contribution in [0.1, 0.15) is 0 Å². The van der Waals surface area contributed by atoms with Crippen LogP contribution in [-0.2, 0) is 20.1 Å². The summed E-state index contributed by atoms with van der Waals surface area (Å²) in [6, 6.07) is 48.4. The second-order valence-electron chi connectivity index (χ2n) is 11.8. The van der Waals surface area contributed by atoms with Gasteiger partial charge in [-0.05, 0) is 57.9 Å². The average molecular weight is 940 g/mol. The summed E-state index contributed by atoms with van der Waals surface area (Å²) in [5.41, 5.74) is 7.92. The van der Waals surface area contributed by atoms with Crippen LogP contribution in [0.3, 0.4) is 0 Å². The zero-order chi connectivity index (χ0) is 37.3. The summed E-state index contributed by atoms with van der Waals surface area (Å²) in [6.45, 7) is 0. The van der Waals surface area contributed by atoms with Crippen molar-refractivity contribution in [1.82, 2.24) is 19.9 Å². The number of halogens is 5. The Morgan fingerprint density at radius 2 is 0.804 bits per heavy atom. The zero-order valence-corrected chi connectivity index (χ0v) is 32.3. The molecule has 10 heteroatoms. The molecule has 0 saturated heterocycles. The number of nitrogens with zero attached hydrogens (tertiary/aromatic N) is 4. The van der Waals surface area contributed by atoms with E-state index in [2.05, 4.69) is 105 Å². The Balaban J connectivity index is 0.000000171. The van der Waals surface area contributed by atoms with Crippen LogP contribution in [0.15, 0.2) is 170 Å². The summed E-state index contributed by atoms with van der Waals surface area (Å²) in [5, 5.41) is 2.26. The van der Waals surface area contributed by atoms with Crippen LogP contribution in [0, 0.1) is 35.4 Å². The Morgan fingerprint density at radius 3 is 1.16 bits per heavy atom. The van der Waals surface area contributed by atoms with E-state index in [-0.39, 0.29) is 43.6 Å². The predicted octanol–water partition coefficient (Wildman–Crippen LogP) is 8.77. The molecule has 0 fully saturated rings. The van der Waals surface area contributed by atoms with Gasteiger partial charge in [-0.1, -0.05) is 120 Å². The molecule has 276 valence electrons. The van der Waals surface area contributed by atoms with Gasteiger partial charge in [-0.3, -0.25) is 27.5 Å². The molecular weight excluding hydrogens is 912 g/mol. The van der Waals surface area contributed by atoms with Gasteiger partial charge < -0.3 is 22.4 Å². The number of hydrogen-bond donors (Lipinski definition) is 0. The molecule has 9 rings (SSSR count). The monoisotopic (exact) mass is 940 g/mol. The number of fused-ring (bicyclic) bond motifs is 3. The van der Waals surface area contributed by atoms with E-state index in [1.807, 2.05) is 24.5 Å². The van der Waals surface area contributed by atoms with Gasteiger partial charge >= 0.3 is 20.1 Å². The van der Waals surface area contributed by atoms with Crippen LogP contribution in [0.5, 0.6) is 0 Å². The van der Waals surface area contributed by atoms with E-state index >= 15 is 0 Å². The fraction of sp³-hybridized carbons (Fsp3) is 0. The SMILES string of the molecule is Fc1c[c-]c(-c2ccccn2)c(F)c1.Fc1c[c-]c(-c2ccccn2)c(F)c1.[Cl-].[Ir+3].c1ccc(-c2ccnc3c2ccc2c(-c4ccccc4)ccnc23)cc1. The number of benzene rings is 5. The maximum absolute atomic E-state index is 13.2. The minimum absolute atomic E-state index is 0. The Morgan fingerprint density at radius 1 is 0.411 bits per heavy atom. The fourth-order valence-corrected chi connectivity index (χ4v) is 5.87. The average Bonchev–Trinajstić information content (AvgIpc) is 3.22. The molecule has 0 aliphatic heterocycles. The van der Waals surface area contributed by atoms with E-state index in [9.17, 15) is 17.6 Å². The summed E-state index contributed by atoms with van der Waals surface area (Å²) in [6.07, 6.45) is 6.85. The van der Waals surface area contributed by atoms with Gasteiger partial charge in [0.25, 0.3) is 0 Å². The van der Waals surface area contributed by atoms with Crippen LogP contribution in [-0.4, -0.2) is 19.9 Å². The fourth-order valence-electron chi connectivity index (χ4n) is 5.87. The number of pyridine rings is 4. The summed E-state index contributed by atoms with van der Waals surface area (Å²) in [4.78, 5) is 17.2. The normalized spacial score (nSPS) is 10.2. The van der Waals surface area contributed by atoms with E-state index < -0.39 is 23.3 Å². The first-order valence-electron chi connectivity index (χ1n) is 16.8. The topological polar surface area (TPSA) is 51.6 Å². The first kappa shape index (κ1) is 41.1. The van der Waals surface area contributed by atoms with Crippen molar-refractivity contribution < 1.29 is 50.1 Å². The van der Waals surface area contributed by atoms with Gasteiger partial charge in [0.1, 0.15) is 0 Å². The minimum atomic E-state index is -0.649. The van der Waals surface area contributed by atoms with Gasteiger partial charge in [0, 0.05) is 58.8 Å². The van der Waals surface area contributed by atoms with E-state index in [0.29, 0.717) is 11.4 Å². The molecule has 0 unspecified atom stereocenters. The third-order valence-corrected chi connectivity index (χ3v) is 8.35. The molecule has 0 bridgehead atoms. The van der Waals surface area contributed by atoms with Gasteiger partial charge in [0.15, 0.2) is 0 Å². The molecule has 4 heterocycles. The number of aromatic nitrogens is 4. The molecule has 4 nitrogen and oxygen atoms in total. The van der Waals surface area contributed by atoms with Gasteiger partial charge in [-0.2, -0.15) is 0 Å². The molecule has 0 radical (unpaired) electrons. The molecule has 56 heavy (non-hydrogen) atoms. The van der Waals surface area contributed by atoms with Crippen LogP contribution in [0.4, 0.5) is 17.6 Å². The van der Waals surface area contributed by atoms with Gasteiger partial charge in [0.05, 0.1) is 11.0 Å². The first-order chi connectivity index (χ1) is 26.5. The summed E-state index contributed by atoms with van der Waals surface area (Å²) in [7, 11) is 0. The third kappa shape index (κ3) is 9.57. The van der Waals surface area contributed by atoms with Gasteiger partial charge in [0.2, 0.25) is 0 Å².